The Hall–Kier alpha value is -3.27. The maximum absolute atomic E-state index is 13.6. The van der Waals surface area contributed by atoms with Crippen LogP contribution >= 0.6 is 12.4 Å². The summed E-state index contributed by atoms with van der Waals surface area (Å²) in [6.07, 6.45) is -0.116. The van der Waals surface area contributed by atoms with Crippen LogP contribution in [0.2, 0.25) is 0 Å². The quantitative estimate of drug-likeness (QED) is 0.517. The number of esters is 1. The van der Waals surface area contributed by atoms with E-state index in [2.05, 4.69) is 4.90 Å². The number of phenols is 1. The highest BCUT2D eigenvalue weighted by Crippen LogP contribution is 2.65. The predicted octanol–water partition coefficient (Wildman–Crippen LogP) is 4.33. The van der Waals surface area contributed by atoms with Crippen molar-refractivity contribution >= 4 is 24.5 Å². The molecule has 0 aromatic heterocycles. The lowest BCUT2D eigenvalue weighted by Crippen LogP contribution is -2.74. The second kappa shape index (κ2) is 9.68. The maximum atomic E-state index is 13.6. The third-order valence-electron chi connectivity index (χ3n) is 8.49. The number of nitrogens with zero attached hydrogens (tertiary/aromatic N) is 1. The number of aromatic hydroxyl groups is 1. The fourth-order valence-corrected chi connectivity index (χ4v) is 6.86. The van der Waals surface area contributed by atoms with Gasteiger partial charge in [-0.15, -0.1) is 12.4 Å². The SMILES string of the molecule is CN1CC[C@]23c4c5ccc(O)c4O[C@H]2C(OC(=O)[C@@H](OC(=O)OC(C)(C)C)c2ccccc2)=CC[C@@]3(O)[C@H]1C5.Cl. The molecule has 2 aliphatic carbocycles. The van der Waals surface area contributed by atoms with Gasteiger partial charge in [-0.05, 0) is 64.9 Å². The predicted molar refractivity (Wildman–Crippen MR) is 146 cm³/mol. The van der Waals surface area contributed by atoms with Crippen LogP contribution in [0, 0.1) is 0 Å². The molecule has 10 heteroatoms. The molecule has 1 spiro atoms. The fourth-order valence-electron chi connectivity index (χ4n) is 6.86. The van der Waals surface area contributed by atoms with Crippen molar-refractivity contribution < 1.29 is 38.7 Å². The van der Waals surface area contributed by atoms with Gasteiger partial charge in [0.05, 0.1) is 11.0 Å². The van der Waals surface area contributed by atoms with Gasteiger partial charge in [0.1, 0.15) is 11.4 Å². The van der Waals surface area contributed by atoms with Crippen molar-refractivity contribution in [2.24, 2.45) is 0 Å². The molecule has 2 N–H and O–H groups in total. The van der Waals surface area contributed by atoms with Crippen LogP contribution in [0.15, 0.2) is 54.3 Å². The number of phenolic OH excluding ortho intramolecular Hbond substituents is 1. The summed E-state index contributed by atoms with van der Waals surface area (Å²) in [5.74, 6) is -0.277. The normalized spacial score (nSPS) is 28.7. The third-order valence-corrected chi connectivity index (χ3v) is 8.49. The lowest BCUT2D eigenvalue weighted by Gasteiger charge is -2.61. The number of likely N-dealkylation sites (tertiary alicyclic amines) is 1. The molecular formula is C30H34ClNO8. The lowest BCUT2D eigenvalue weighted by molar-refractivity contribution is -0.173. The molecule has 5 atom stereocenters. The number of rotatable bonds is 4. The second-order valence-electron chi connectivity index (χ2n) is 11.9. The first kappa shape index (κ1) is 28.3. The highest BCUT2D eigenvalue weighted by atomic mass is 35.5. The molecule has 1 fully saturated rings. The van der Waals surface area contributed by atoms with Crippen LogP contribution in [0.5, 0.6) is 11.5 Å². The molecule has 2 heterocycles. The summed E-state index contributed by atoms with van der Waals surface area (Å²) in [7, 11) is 2.00. The molecule has 0 amide bonds. The number of halogens is 1. The summed E-state index contributed by atoms with van der Waals surface area (Å²) in [6.45, 7) is 5.82. The molecule has 40 heavy (non-hydrogen) atoms. The van der Waals surface area contributed by atoms with Crippen LogP contribution in [0.3, 0.4) is 0 Å². The van der Waals surface area contributed by atoms with Crippen LogP contribution < -0.4 is 4.74 Å². The smallest absolute Gasteiger partial charge is 0.504 e. The zero-order valence-electron chi connectivity index (χ0n) is 22.9. The Morgan fingerprint density at radius 3 is 2.58 bits per heavy atom. The van der Waals surface area contributed by atoms with Crippen molar-refractivity contribution in [2.45, 2.75) is 74.9 Å². The van der Waals surface area contributed by atoms with Crippen LogP contribution in [0.4, 0.5) is 4.79 Å². The van der Waals surface area contributed by atoms with Gasteiger partial charge >= 0.3 is 12.1 Å². The number of hydrogen-bond acceptors (Lipinski definition) is 9. The largest absolute Gasteiger partial charge is 0.510 e. The van der Waals surface area contributed by atoms with E-state index in [4.69, 9.17) is 18.9 Å². The number of benzene rings is 2. The molecule has 214 valence electrons. The van der Waals surface area contributed by atoms with E-state index < -0.39 is 40.9 Å². The number of aliphatic hydroxyl groups is 1. The fraction of sp³-hybridized carbons (Fsp3) is 0.467. The average molecular weight is 572 g/mol. The first-order valence-electron chi connectivity index (χ1n) is 13.3. The Morgan fingerprint density at radius 2 is 1.88 bits per heavy atom. The van der Waals surface area contributed by atoms with E-state index in [1.54, 1.807) is 63.2 Å². The number of carbonyl (C=O) groups is 2. The van der Waals surface area contributed by atoms with Gasteiger partial charge in [-0.25, -0.2) is 9.59 Å². The molecule has 2 aromatic rings. The van der Waals surface area contributed by atoms with Crippen LogP contribution in [0.25, 0.3) is 0 Å². The monoisotopic (exact) mass is 571 g/mol. The molecule has 0 saturated carbocycles. The summed E-state index contributed by atoms with van der Waals surface area (Å²) in [5, 5.41) is 23.0. The summed E-state index contributed by atoms with van der Waals surface area (Å²) in [6, 6.07) is 11.9. The minimum absolute atomic E-state index is 0. The highest BCUT2D eigenvalue weighted by Gasteiger charge is 2.72. The van der Waals surface area contributed by atoms with Gasteiger partial charge in [0.2, 0.25) is 6.10 Å². The van der Waals surface area contributed by atoms with Gasteiger partial charge in [0.25, 0.3) is 0 Å². The van der Waals surface area contributed by atoms with Gasteiger partial charge in [0.15, 0.2) is 17.6 Å². The van der Waals surface area contributed by atoms with Crippen molar-refractivity contribution in [1.82, 2.24) is 4.90 Å². The number of likely N-dealkylation sites (N-methyl/N-ethyl adjacent to an activating group) is 1. The molecule has 4 aliphatic rings. The van der Waals surface area contributed by atoms with Crippen molar-refractivity contribution in [1.29, 1.82) is 0 Å². The van der Waals surface area contributed by atoms with E-state index in [0.717, 1.165) is 11.1 Å². The van der Waals surface area contributed by atoms with Crippen LogP contribution in [0.1, 0.15) is 56.4 Å². The van der Waals surface area contributed by atoms with Gasteiger partial charge in [-0.3, -0.25) is 0 Å². The zero-order valence-corrected chi connectivity index (χ0v) is 23.7. The molecule has 1 saturated heterocycles. The Kier molecular flexibility index (Phi) is 6.84. The molecule has 9 nitrogen and oxygen atoms in total. The van der Waals surface area contributed by atoms with Gasteiger partial charge < -0.3 is 34.1 Å². The van der Waals surface area contributed by atoms with Crippen LogP contribution in [-0.4, -0.2) is 64.2 Å². The Bertz CT molecular complexity index is 1370. The van der Waals surface area contributed by atoms with E-state index in [9.17, 15) is 19.8 Å². The van der Waals surface area contributed by atoms with Crippen molar-refractivity contribution in [3.05, 3.63) is 71.0 Å². The summed E-state index contributed by atoms with van der Waals surface area (Å²) < 4.78 is 23.1. The Balaban J connectivity index is 0.00000323. The van der Waals surface area contributed by atoms with Crippen molar-refractivity contribution in [3.8, 4) is 11.5 Å². The van der Waals surface area contributed by atoms with Crippen LogP contribution in [-0.2, 0) is 30.8 Å². The average Bonchev–Trinajstić information content (AvgIpc) is 3.23. The topological polar surface area (TPSA) is 115 Å². The minimum atomic E-state index is -1.38. The number of ether oxygens (including phenoxy) is 4. The van der Waals surface area contributed by atoms with Crippen molar-refractivity contribution in [2.75, 3.05) is 13.6 Å². The second-order valence-corrected chi connectivity index (χ2v) is 11.9. The molecule has 2 bridgehead atoms. The lowest BCUT2D eigenvalue weighted by atomic mass is 9.50. The first-order valence-corrected chi connectivity index (χ1v) is 13.3. The summed E-state index contributed by atoms with van der Waals surface area (Å²) in [4.78, 5) is 28.4. The van der Waals surface area contributed by atoms with Gasteiger partial charge in [-0.1, -0.05) is 36.4 Å². The van der Waals surface area contributed by atoms with E-state index in [-0.39, 0.29) is 36.4 Å². The molecule has 0 radical (unpaired) electrons. The van der Waals surface area contributed by atoms with Crippen molar-refractivity contribution in [3.63, 3.8) is 0 Å². The molecular weight excluding hydrogens is 538 g/mol. The molecule has 6 rings (SSSR count). The van der Waals surface area contributed by atoms with Gasteiger partial charge in [-0.2, -0.15) is 0 Å². The summed E-state index contributed by atoms with van der Waals surface area (Å²) >= 11 is 0. The number of piperidine rings is 1. The molecule has 2 aliphatic heterocycles. The van der Waals surface area contributed by atoms with E-state index in [1.807, 2.05) is 13.1 Å². The van der Waals surface area contributed by atoms with E-state index in [0.29, 0.717) is 30.7 Å². The molecule has 2 aromatic carbocycles. The molecule has 0 unspecified atom stereocenters. The Labute approximate surface area is 239 Å². The highest BCUT2D eigenvalue weighted by molar-refractivity contribution is 5.85. The zero-order chi connectivity index (χ0) is 27.7. The van der Waals surface area contributed by atoms with E-state index in [1.165, 1.54) is 0 Å². The number of carbonyl (C=O) groups excluding carboxylic acids is 2. The first-order chi connectivity index (χ1) is 18.4. The summed E-state index contributed by atoms with van der Waals surface area (Å²) in [5.41, 5.74) is -0.665. The Morgan fingerprint density at radius 1 is 1.15 bits per heavy atom. The number of hydrogen-bond donors (Lipinski definition) is 2. The van der Waals surface area contributed by atoms with E-state index >= 15 is 0 Å². The minimum Gasteiger partial charge on any atom is -0.504 e. The van der Waals surface area contributed by atoms with Gasteiger partial charge in [0, 0.05) is 23.6 Å². The standard InChI is InChI=1S/C30H33NO8.ClH/c1-28(2,3)39-27(34)38-23(17-8-6-5-7-9-17)26(33)36-20-12-13-30(35)21-16-18-10-11-19(32)24-22(18)29(30,25(20)37-24)14-15-31(21)4;/h5-12,21,23,25,32,35H,13-16H2,1-4H3;1H/t21-,23+,25+,29+,30-;/m1./s1. The third kappa shape index (κ3) is 4.14. The maximum Gasteiger partial charge on any atom is 0.510 e.